The lowest BCUT2D eigenvalue weighted by Gasteiger charge is -2.06. The van der Waals surface area contributed by atoms with Crippen LogP contribution in [-0.2, 0) is 6.61 Å². The molecule has 0 saturated heterocycles. The molecule has 0 bridgehead atoms. The second-order valence-corrected chi connectivity index (χ2v) is 4.49. The highest BCUT2D eigenvalue weighted by Gasteiger charge is 2.15. The largest absolute Gasteiger partial charge is 0.434 e. The molecule has 0 amide bonds. The Morgan fingerprint density at radius 1 is 1.30 bits per heavy atom. The maximum absolute atomic E-state index is 13.7. The third-order valence-electron chi connectivity index (χ3n) is 3.04. The fourth-order valence-electron chi connectivity index (χ4n) is 2.04. The van der Waals surface area contributed by atoms with Crippen LogP contribution in [0.5, 0.6) is 11.6 Å². The summed E-state index contributed by atoms with van der Waals surface area (Å²) in [4.78, 5) is 4.26. The van der Waals surface area contributed by atoms with Gasteiger partial charge in [0.15, 0.2) is 11.6 Å². The number of aromatic nitrogens is 2. The van der Waals surface area contributed by atoms with Crippen molar-refractivity contribution < 1.29 is 14.2 Å². The molecule has 0 aliphatic rings. The van der Waals surface area contributed by atoms with E-state index in [1.54, 1.807) is 28.8 Å². The van der Waals surface area contributed by atoms with Crippen molar-refractivity contribution in [1.29, 1.82) is 0 Å². The molecule has 102 valence electrons. The van der Waals surface area contributed by atoms with Gasteiger partial charge in [0.25, 0.3) is 0 Å². The molecule has 0 spiro atoms. The number of hydrogen-bond donors (Lipinski definition) is 1. The Morgan fingerprint density at radius 2 is 2.15 bits per heavy atom. The third-order valence-corrected chi connectivity index (χ3v) is 3.04. The summed E-state index contributed by atoms with van der Waals surface area (Å²) in [6.07, 6.45) is 1.77. The van der Waals surface area contributed by atoms with Gasteiger partial charge >= 0.3 is 0 Å². The molecule has 0 aliphatic heterocycles. The van der Waals surface area contributed by atoms with Gasteiger partial charge in [-0.3, -0.25) is 4.40 Å². The van der Waals surface area contributed by atoms with Crippen molar-refractivity contribution in [3.63, 3.8) is 0 Å². The highest BCUT2D eigenvalue weighted by molar-refractivity contribution is 5.46. The molecular formula is C15H13FN2O2. The molecule has 1 N–H and O–H groups in total. The van der Waals surface area contributed by atoms with Crippen molar-refractivity contribution in [3.8, 4) is 11.6 Å². The van der Waals surface area contributed by atoms with Crippen LogP contribution in [0.1, 0.15) is 11.3 Å². The van der Waals surface area contributed by atoms with E-state index in [1.807, 2.05) is 19.1 Å². The van der Waals surface area contributed by atoms with Crippen LogP contribution in [0.2, 0.25) is 0 Å². The van der Waals surface area contributed by atoms with Crippen LogP contribution in [0, 0.1) is 12.7 Å². The first kappa shape index (κ1) is 12.6. The van der Waals surface area contributed by atoms with Crippen molar-refractivity contribution in [2.75, 3.05) is 0 Å². The lowest BCUT2D eigenvalue weighted by Crippen LogP contribution is -1.96. The maximum Gasteiger partial charge on any atom is 0.244 e. The minimum absolute atomic E-state index is 0.100. The number of aliphatic hydroxyl groups excluding tert-OH is 1. The van der Waals surface area contributed by atoms with E-state index in [2.05, 4.69) is 4.98 Å². The molecule has 0 saturated carbocycles. The van der Waals surface area contributed by atoms with Gasteiger partial charge in [0, 0.05) is 6.20 Å². The average molecular weight is 272 g/mol. The van der Waals surface area contributed by atoms with E-state index in [-0.39, 0.29) is 18.2 Å². The lowest BCUT2D eigenvalue weighted by molar-refractivity contribution is 0.269. The fourth-order valence-corrected chi connectivity index (χ4v) is 2.04. The Kier molecular flexibility index (Phi) is 3.12. The minimum atomic E-state index is -0.462. The number of aliphatic hydroxyl groups is 1. The van der Waals surface area contributed by atoms with E-state index in [0.717, 1.165) is 5.56 Å². The van der Waals surface area contributed by atoms with Crippen molar-refractivity contribution in [2.45, 2.75) is 13.5 Å². The van der Waals surface area contributed by atoms with Crippen LogP contribution < -0.4 is 4.74 Å². The number of rotatable bonds is 3. The average Bonchev–Trinajstić information content (AvgIpc) is 2.80. The van der Waals surface area contributed by atoms with Crippen molar-refractivity contribution in [1.82, 2.24) is 9.38 Å². The first-order chi connectivity index (χ1) is 9.69. The highest BCUT2D eigenvalue weighted by atomic mass is 19.1. The summed E-state index contributed by atoms with van der Waals surface area (Å²) in [6, 6.07) is 10.1. The number of hydrogen-bond acceptors (Lipinski definition) is 3. The molecule has 0 atom stereocenters. The first-order valence-electron chi connectivity index (χ1n) is 6.20. The number of pyridine rings is 1. The Morgan fingerprint density at radius 3 is 2.95 bits per heavy atom. The Balaban J connectivity index is 2.08. The Hall–Kier alpha value is -2.40. The number of halogens is 1. The monoisotopic (exact) mass is 272 g/mol. The van der Waals surface area contributed by atoms with Gasteiger partial charge < -0.3 is 9.84 Å². The highest BCUT2D eigenvalue weighted by Crippen LogP contribution is 2.28. The molecule has 0 radical (unpaired) electrons. The molecule has 2 aromatic heterocycles. The standard InChI is InChI=1S/C15H13FN2O2/c1-10-5-6-11(16)13(8-10)20-15-12(9-19)18-7-3-2-4-14(18)17-15/h2-8,19H,9H2,1H3. The molecule has 2 heterocycles. The van der Waals surface area contributed by atoms with E-state index in [4.69, 9.17) is 4.74 Å². The first-order valence-corrected chi connectivity index (χ1v) is 6.20. The normalized spacial score (nSPS) is 10.9. The van der Waals surface area contributed by atoms with Crippen LogP contribution in [0.15, 0.2) is 42.6 Å². The Labute approximate surface area is 115 Å². The van der Waals surface area contributed by atoms with Gasteiger partial charge in [-0.1, -0.05) is 12.1 Å². The van der Waals surface area contributed by atoms with Crippen molar-refractivity contribution >= 4 is 5.65 Å². The van der Waals surface area contributed by atoms with Crippen molar-refractivity contribution in [2.24, 2.45) is 0 Å². The number of benzene rings is 1. The fraction of sp³-hybridized carbons (Fsp3) is 0.133. The summed E-state index contributed by atoms with van der Waals surface area (Å²) in [5.74, 6) is -0.150. The van der Waals surface area contributed by atoms with Gasteiger partial charge in [-0.25, -0.2) is 4.39 Å². The van der Waals surface area contributed by atoms with E-state index >= 15 is 0 Å². The summed E-state index contributed by atoms with van der Waals surface area (Å²) >= 11 is 0. The second-order valence-electron chi connectivity index (χ2n) is 4.49. The summed E-state index contributed by atoms with van der Waals surface area (Å²) < 4.78 is 21.0. The Bertz CT molecular complexity index is 768. The van der Waals surface area contributed by atoms with Crippen LogP contribution in [0.25, 0.3) is 5.65 Å². The zero-order valence-electron chi connectivity index (χ0n) is 10.9. The topological polar surface area (TPSA) is 46.8 Å². The van der Waals surface area contributed by atoms with Crippen LogP contribution in [0.3, 0.4) is 0 Å². The summed E-state index contributed by atoms with van der Waals surface area (Å²) in [6.45, 7) is 1.61. The van der Waals surface area contributed by atoms with Gasteiger partial charge in [-0.05, 0) is 36.8 Å². The van der Waals surface area contributed by atoms with Gasteiger partial charge in [-0.2, -0.15) is 4.98 Å². The van der Waals surface area contributed by atoms with Crippen LogP contribution in [-0.4, -0.2) is 14.5 Å². The molecular weight excluding hydrogens is 259 g/mol. The van der Waals surface area contributed by atoms with Gasteiger partial charge in [0.05, 0.1) is 6.61 Å². The molecule has 0 fully saturated rings. The minimum Gasteiger partial charge on any atom is -0.434 e. The molecule has 3 rings (SSSR count). The number of imidazole rings is 1. The van der Waals surface area contributed by atoms with Crippen molar-refractivity contribution in [3.05, 3.63) is 59.7 Å². The second kappa shape index (κ2) is 4.94. The SMILES string of the molecule is Cc1ccc(F)c(Oc2nc3ccccn3c2CO)c1. The molecule has 20 heavy (non-hydrogen) atoms. The number of nitrogens with zero attached hydrogens (tertiary/aromatic N) is 2. The number of fused-ring (bicyclic) bond motifs is 1. The number of ether oxygens (including phenoxy) is 1. The van der Waals surface area contributed by atoms with E-state index < -0.39 is 5.82 Å². The predicted molar refractivity (Wildman–Crippen MR) is 72.3 cm³/mol. The molecule has 1 aromatic carbocycles. The van der Waals surface area contributed by atoms with Crippen LogP contribution in [0.4, 0.5) is 4.39 Å². The molecule has 0 unspecified atom stereocenters. The van der Waals surface area contributed by atoms with E-state index in [9.17, 15) is 9.50 Å². The van der Waals surface area contributed by atoms with E-state index in [1.165, 1.54) is 6.07 Å². The predicted octanol–water partition coefficient (Wildman–Crippen LogP) is 3.07. The van der Waals surface area contributed by atoms with Gasteiger partial charge in [0.1, 0.15) is 11.3 Å². The van der Waals surface area contributed by atoms with E-state index in [0.29, 0.717) is 11.3 Å². The smallest absolute Gasteiger partial charge is 0.244 e. The number of aryl methyl sites for hydroxylation is 1. The maximum atomic E-state index is 13.7. The van der Waals surface area contributed by atoms with Gasteiger partial charge in [-0.15, -0.1) is 0 Å². The third kappa shape index (κ3) is 2.12. The zero-order chi connectivity index (χ0) is 14.1. The molecule has 3 aromatic rings. The van der Waals surface area contributed by atoms with Gasteiger partial charge in [0.2, 0.25) is 5.88 Å². The summed E-state index contributed by atoms with van der Waals surface area (Å²) in [7, 11) is 0. The quantitative estimate of drug-likeness (QED) is 0.797. The van der Waals surface area contributed by atoms with Crippen LogP contribution >= 0.6 is 0 Å². The zero-order valence-corrected chi connectivity index (χ0v) is 10.9. The summed E-state index contributed by atoms with van der Waals surface area (Å²) in [5, 5.41) is 9.47. The molecule has 4 nitrogen and oxygen atoms in total. The molecule has 5 heteroatoms. The summed E-state index contributed by atoms with van der Waals surface area (Å²) in [5.41, 5.74) is 2.01. The lowest BCUT2D eigenvalue weighted by atomic mass is 10.2. The molecule has 0 aliphatic carbocycles.